The van der Waals surface area contributed by atoms with Crippen LogP contribution in [0.2, 0.25) is 0 Å². The Hall–Kier alpha value is -3.13. The number of thioether (sulfide) groups is 1. The molecule has 7 nitrogen and oxygen atoms in total. The maximum absolute atomic E-state index is 12.5. The van der Waals surface area contributed by atoms with Crippen LogP contribution in [0.25, 0.3) is 22.1 Å². The molecular formula is C19H17N5O2S. The van der Waals surface area contributed by atoms with Crippen molar-refractivity contribution >= 4 is 45.4 Å². The van der Waals surface area contributed by atoms with E-state index in [0.717, 1.165) is 16.4 Å². The number of nitrogens with one attached hydrogen (secondary N) is 2. The Kier molecular flexibility index (Phi) is 4.64. The van der Waals surface area contributed by atoms with Gasteiger partial charge in [0.15, 0.2) is 5.65 Å². The number of ether oxygens (including phenoxy) is 1. The molecule has 0 saturated carbocycles. The van der Waals surface area contributed by atoms with E-state index in [1.165, 1.54) is 11.8 Å². The van der Waals surface area contributed by atoms with E-state index in [4.69, 9.17) is 4.74 Å². The number of carbonyl (C=O) groups is 1. The molecule has 2 heterocycles. The number of aromatic nitrogens is 4. The van der Waals surface area contributed by atoms with E-state index >= 15 is 0 Å². The highest BCUT2D eigenvalue weighted by Crippen LogP contribution is 2.27. The first kappa shape index (κ1) is 17.3. The molecule has 1 atom stereocenters. The van der Waals surface area contributed by atoms with Crippen LogP contribution in [-0.4, -0.2) is 38.4 Å². The van der Waals surface area contributed by atoms with Gasteiger partial charge < -0.3 is 15.0 Å². The zero-order chi connectivity index (χ0) is 18.8. The number of H-pyrrole nitrogens is 1. The zero-order valence-corrected chi connectivity index (χ0v) is 15.6. The lowest BCUT2D eigenvalue weighted by atomic mass is 10.2. The minimum Gasteiger partial charge on any atom is -0.495 e. The summed E-state index contributed by atoms with van der Waals surface area (Å²) in [4.78, 5) is 20.3. The van der Waals surface area contributed by atoms with E-state index in [1.54, 1.807) is 26.2 Å². The number of amides is 1. The van der Waals surface area contributed by atoms with Crippen molar-refractivity contribution in [2.24, 2.45) is 0 Å². The average Bonchev–Trinajstić information content (AvgIpc) is 3.06. The van der Waals surface area contributed by atoms with Gasteiger partial charge in [-0.3, -0.25) is 4.79 Å². The number of hydrogen-bond donors (Lipinski definition) is 2. The monoisotopic (exact) mass is 379 g/mol. The molecule has 0 aliphatic carbocycles. The van der Waals surface area contributed by atoms with Crippen LogP contribution in [0.1, 0.15) is 6.92 Å². The molecule has 136 valence electrons. The smallest absolute Gasteiger partial charge is 0.237 e. The molecule has 0 fully saturated rings. The van der Waals surface area contributed by atoms with E-state index < -0.39 is 5.25 Å². The van der Waals surface area contributed by atoms with E-state index in [-0.39, 0.29) is 5.91 Å². The third-order valence-corrected chi connectivity index (χ3v) is 5.07. The number of nitrogens with zero attached hydrogens (tertiary/aromatic N) is 3. The standard InChI is InChI=1S/C19H17N5O2S/c1-11(18(25)21-14-9-5-6-10-15(14)26-2)27-19-22-17-16(23-24-19)12-7-3-4-8-13(12)20-17/h3-11H,1-2H3,(H,21,25)(H,20,22,24)/t11-/m0/s1. The fourth-order valence-corrected chi connectivity index (χ4v) is 3.46. The second-order valence-electron chi connectivity index (χ2n) is 5.91. The second kappa shape index (κ2) is 7.24. The van der Waals surface area contributed by atoms with Crippen LogP contribution in [0.15, 0.2) is 53.7 Å². The Morgan fingerprint density at radius 1 is 1.15 bits per heavy atom. The van der Waals surface area contributed by atoms with Crippen molar-refractivity contribution in [2.45, 2.75) is 17.3 Å². The van der Waals surface area contributed by atoms with Gasteiger partial charge in [0.05, 0.1) is 18.0 Å². The SMILES string of the molecule is COc1ccccc1NC(=O)[C@H](C)Sc1nnc2c(n1)[nH]c1ccccc12. The number of rotatable bonds is 5. The molecule has 0 bridgehead atoms. The molecule has 0 saturated heterocycles. The van der Waals surface area contributed by atoms with Crippen molar-refractivity contribution in [1.29, 1.82) is 0 Å². The Balaban J connectivity index is 1.52. The molecule has 2 aromatic carbocycles. The van der Waals surface area contributed by atoms with Gasteiger partial charge in [-0.25, -0.2) is 4.98 Å². The molecule has 27 heavy (non-hydrogen) atoms. The summed E-state index contributed by atoms with van der Waals surface area (Å²) in [5.74, 6) is 0.449. The Morgan fingerprint density at radius 3 is 2.78 bits per heavy atom. The number of hydrogen-bond acceptors (Lipinski definition) is 6. The van der Waals surface area contributed by atoms with E-state index in [2.05, 4.69) is 25.5 Å². The van der Waals surface area contributed by atoms with Crippen molar-refractivity contribution in [2.75, 3.05) is 12.4 Å². The van der Waals surface area contributed by atoms with Crippen LogP contribution >= 0.6 is 11.8 Å². The number of benzene rings is 2. The molecule has 0 spiro atoms. The molecule has 1 amide bonds. The van der Waals surface area contributed by atoms with Crippen molar-refractivity contribution in [3.05, 3.63) is 48.5 Å². The summed E-state index contributed by atoms with van der Waals surface area (Å²) in [6.07, 6.45) is 0. The fraction of sp³-hybridized carbons (Fsp3) is 0.158. The molecule has 8 heteroatoms. The van der Waals surface area contributed by atoms with Gasteiger partial charge in [-0.05, 0) is 25.1 Å². The summed E-state index contributed by atoms with van der Waals surface area (Å²) in [6, 6.07) is 15.1. The number of methoxy groups -OCH3 is 1. The van der Waals surface area contributed by atoms with Crippen LogP contribution in [-0.2, 0) is 4.79 Å². The second-order valence-corrected chi connectivity index (χ2v) is 7.22. The third kappa shape index (κ3) is 3.43. The Labute approximate surface area is 159 Å². The van der Waals surface area contributed by atoms with Gasteiger partial charge in [0.1, 0.15) is 11.3 Å². The minimum absolute atomic E-state index is 0.162. The number of aromatic amines is 1. The van der Waals surface area contributed by atoms with E-state index in [0.29, 0.717) is 22.2 Å². The van der Waals surface area contributed by atoms with Gasteiger partial charge in [0.2, 0.25) is 11.1 Å². The van der Waals surface area contributed by atoms with Gasteiger partial charge in [0.25, 0.3) is 0 Å². The van der Waals surface area contributed by atoms with Gasteiger partial charge in [-0.1, -0.05) is 42.1 Å². The topological polar surface area (TPSA) is 92.8 Å². The summed E-state index contributed by atoms with van der Waals surface area (Å²) < 4.78 is 5.26. The van der Waals surface area contributed by atoms with Crippen molar-refractivity contribution in [3.8, 4) is 5.75 Å². The molecule has 0 unspecified atom stereocenters. The summed E-state index contributed by atoms with van der Waals surface area (Å²) in [5.41, 5.74) is 2.97. The summed E-state index contributed by atoms with van der Waals surface area (Å²) in [7, 11) is 1.57. The molecule has 2 aromatic heterocycles. The predicted octanol–water partition coefficient (Wildman–Crippen LogP) is 3.63. The molecular weight excluding hydrogens is 362 g/mol. The molecule has 0 aliphatic heterocycles. The lowest BCUT2D eigenvalue weighted by molar-refractivity contribution is -0.115. The molecule has 0 aliphatic rings. The predicted molar refractivity (Wildman–Crippen MR) is 106 cm³/mol. The van der Waals surface area contributed by atoms with E-state index in [9.17, 15) is 4.79 Å². The summed E-state index contributed by atoms with van der Waals surface area (Å²) >= 11 is 1.25. The van der Waals surface area contributed by atoms with Crippen molar-refractivity contribution in [1.82, 2.24) is 20.2 Å². The first-order chi connectivity index (χ1) is 13.2. The van der Waals surface area contributed by atoms with Gasteiger partial charge in [0, 0.05) is 10.9 Å². The summed E-state index contributed by atoms with van der Waals surface area (Å²) in [5, 5.41) is 12.3. The average molecular weight is 379 g/mol. The normalized spacial score (nSPS) is 12.2. The molecule has 4 rings (SSSR count). The maximum Gasteiger partial charge on any atom is 0.237 e. The van der Waals surface area contributed by atoms with Crippen LogP contribution in [0.3, 0.4) is 0 Å². The Morgan fingerprint density at radius 2 is 1.93 bits per heavy atom. The van der Waals surface area contributed by atoms with Crippen molar-refractivity contribution in [3.63, 3.8) is 0 Å². The minimum atomic E-state index is -0.404. The van der Waals surface area contributed by atoms with Gasteiger partial charge >= 0.3 is 0 Å². The van der Waals surface area contributed by atoms with E-state index in [1.807, 2.05) is 36.4 Å². The molecule has 4 aromatic rings. The lowest BCUT2D eigenvalue weighted by Crippen LogP contribution is -2.23. The highest BCUT2D eigenvalue weighted by atomic mass is 32.2. The lowest BCUT2D eigenvalue weighted by Gasteiger charge is -2.13. The first-order valence-corrected chi connectivity index (χ1v) is 9.25. The van der Waals surface area contributed by atoms with Crippen LogP contribution < -0.4 is 10.1 Å². The highest BCUT2D eigenvalue weighted by molar-refractivity contribution is 8.00. The molecule has 0 radical (unpaired) electrons. The number of anilines is 1. The zero-order valence-electron chi connectivity index (χ0n) is 14.8. The van der Waals surface area contributed by atoms with Gasteiger partial charge in [-0.2, -0.15) is 0 Å². The quantitative estimate of drug-likeness (QED) is 0.514. The number of carbonyl (C=O) groups excluding carboxylic acids is 1. The van der Waals surface area contributed by atoms with Crippen LogP contribution in [0.4, 0.5) is 5.69 Å². The van der Waals surface area contributed by atoms with Crippen LogP contribution in [0, 0.1) is 0 Å². The largest absolute Gasteiger partial charge is 0.495 e. The summed E-state index contributed by atoms with van der Waals surface area (Å²) in [6.45, 7) is 1.80. The fourth-order valence-electron chi connectivity index (χ4n) is 2.75. The van der Waals surface area contributed by atoms with Gasteiger partial charge in [-0.15, -0.1) is 10.2 Å². The van der Waals surface area contributed by atoms with Crippen molar-refractivity contribution < 1.29 is 9.53 Å². The number of fused-ring (bicyclic) bond motifs is 3. The highest BCUT2D eigenvalue weighted by Gasteiger charge is 2.19. The third-order valence-electron chi connectivity index (χ3n) is 4.12. The van der Waals surface area contributed by atoms with Crippen LogP contribution in [0.5, 0.6) is 5.75 Å². The Bertz CT molecular complexity index is 1130. The number of para-hydroxylation sites is 3. The maximum atomic E-state index is 12.5. The molecule has 2 N–H and O–H groups in total. The first-order valence-electron chi connectivity index (χ1n) is 8.37.